The Morgan fingerprint density at radius 2 is 2.09 bits per heavy atom. The molecule has 6 nitrogen and oxygen atoms in total. The SMILES string of the molecule is CCC(C(=O)Nc1cc(C)c2nc(NC)sc2c1)c1cccc(Cl)c1.O=Cc1cscn1. The number of aldehydes is 1. The molecule has 166 valence electrons. The zero-order valence-electron chi connectivity index (χ0n) is 17.9. The van der Waals surface area contributed by atoms with Gasteiger partial charge in [-0.05, 0) is 48.7 Å². The summed E-state index contributed by atoms with van der Waals surface area (Å²) in [4.78, 5) is 30.8. The third-order valence-electron chi connectivity index (χ3n) is 4.71. The minimum absolute atomic E-state index is 0.0260. The quantitative estimate of drug-likeness (QED) is 0.308. The number of nitrogens with zero attached hydrogens (tertiary/aromatic N) is 2. The summed E-state index contributed by atoms with van der Waals surface area (Å²) in [5, 5.41) is 9.33. The molecule has 4 aromatic rings. The third-order valence-corrected chi connectivity index (χ3v) is 6.57. The maximum absolute atomic E-state index is 12.8. The van der Waals surface area contributed by atoms with Crippen LogP contribution in [0.3, 0.4) is 0 Å². The molecule has 0 fully saturated rings. The van der Waals surface area contributed by atoms with Crippen LogP contribution in [0.1, 0.15) is 40.9 Å². The summed E-state index contributed by atoms with van der Waals surface area (Å²) in [6, 6.07) is 11.4. The molecule has 32 heavy (non-hydrogen) atoms. The fourth-order valence-corrected chi connectivity index (χ4v) is 4.82. The van der Waals surface area contributed by atoms with E-state index in [-0.39, 0.29) is 11.8 Å². The van der Waals surface area contributed by atoms with Crippen LogP contribution in [0.2, 0.25) is 5.02 Å². The minimum atomic E-state index is -0.232. The molecule has 9 heteroatoms. The Morgan fingerprint density at radius 3 is 2.69 bits per heavy atom. The zero-order chi connectivity index (χ0) is 23.1. The van der Waals surface area contributed by atoms with Crippen molar-refractivity contribution in [1.29, 1.82) is 0 Å². The third kappa shape index (κ3) is 5.91. The average molecular weight is 487 g/mol. The number of hydrogen-bond donors (Lipinski definition) is 2. The summed E-state index contributed by atoms with van der Waals surface area (Å²) >= 11 is 9.07. The lowest BCUT2D eigenvalue weighted by atomic mass is 9.95. The van der Waals surface area contributed by atoms with E-state index in [1.165, 1.54) is 11.3 Å². The van der Waals surface area contributed by atoms with Crippen molar-refractivity contribution in [3.63, 3.8) is 0 Å². The number of aryl methyl sites for hydroxylation is 1. The highest BCUT2D eigenvalue weighted by Crippen LogP contribution is 2.32. The van der Waals surface area contributed by atoms with Crippen molar-refractivity contribution in [3.05, 3.63) is 69.1 Å². The number of benzene rings is 2. The van der Waals surface area contributed by atoms with Gasteiger partial charge in [0, 0.05) is 23.1 Å². The summed E-state index contributed by atoms with van der Waals surface area (Å²) in [5.74, 6) is -0.258. The fourth-order valence-electron chi connectivity index (χ4n) is 3.18. The molecule has 0 spiro atoms. The van der Waals surface area contributed by atoms with Crippen LogP contribution in [-0.2, 0) is 4.79 Å². The summed E-state index contributed by atoms with van der Waals surface area (Å²) < 4.78 is 1.05. The molecule has 0 aliphatic rings. The van der Waals surface area contributed by atoms with E-state index >= 15 is 0 Å². The van der Waals surface area contributed by atoms with E-state index in [1.54, 1.807) is 22.2 Å². The number of nitrogens with one attached hydrogen (secondary N) is 2. The molecular formula is C23H23ClN4O2S2. The van der Waals surface area contributed by atoms with Crippen molar-refractivity contribution in [1.82, 2.24) is 9.97 Å². The van der Waals surface area contributed by atoms with Crippen LogP contribution in [0.5, 0.6) is 0 Å². The molecule has 1 atom stereocenters. The number of carbonyl (C=O) groups is 2. The van der Waals surface area contributed by atoms with Gasteiger partial charge in [-0.3, -0.25) is 9.59 Å². The number of thiazole rings is 2. The molecule has 2 aromatic carbocycles. The zero-order valence-corrected chi connectivity index (χ0v) is 20.3. The molecule has 2 aromatic heterocycles. The van der Waals surface area contributed by atoms with Gasteiger partial charge in [0.25, 0.3) is 0 Å². The molecule has 0 aliphatic carbocycles. The number of anilines is 2. The molecule has 0 bridgehead atoms. The van der Waals surface area contributed by atoms with Crippen molar-refractivity contribution in [2.75, 3.05) is 17.7 Å². The Morgan fingerprint density at radius 1 is 1.28 bits per heavy atom. The van der Waals surface area contributed by atoms with Gasteiger partial charge in [0.05, 0.1) is 21.6 Å². The molecule has 2 heterocycles. The van der Waals surface area contributed by atoms with Gasteiger partial charge in [0.15, 0.2) is 11.4 Å². The Balaban J connectivity index is 0.000000352. The highest BCUT2D eigenvalue weighted by atomic mass is 35.5. The largest absolute Gasteiger partial charge is 0.365 e. The van der Waals surface area contributed by atoms with E-state index in [4.69, 9.17) is 11.6 Å². The highest BCUT2D eigenvalue weighted by Gasteiger charge is 2.19. The first kappa shape index (κ1) is 23.8. The second kappa shape index (κ2) is 11.2. The number of fused-ring (bicyclic) bond motifs is 1. The molecule has 0 aliphatic heterocycles. The maximum atomic E-state index is 12.8. The fraction of sp³-hybridized carbons (Fsp3) is 0.217. The van der Waals surface area contributed by atoms with Gasteiger partial charge in [0.1, 0.15) is 5.69 Å². The summed E-state index contributed by atoms with van der Waals surface area (Å²) in [6.07, 6.45) is 1.44. The minimum Gasteiger partial charge on any atom is -0.365 e. The number of amides is 1. The second-order valence-corrected chi connectivity index (χ2v) is 9.13. The molecule has 0 radical (unpaired) electrons. The first-order chi connectivity index (χ1) is 15.4. The van der Waals surface area contributed by atoms with Gasteiger partial charge in [-0.15, -0.1) is 11.3 Å². The van der Waals surface area contributed by atoms with Crippen LogP contribution in [0.15, 0.2) is 47.3 Å². The van der Waals surface area contributed by atoms with Gasteiger partial charge in [-0.2, -0.15) is 0 Å². The number of hydrogen-bond acceptors (Lipinski definition) is 7. The number of halogens is 1. The van der Waals surface area contributed by atoms with Gasteiger partial charge in [-0.25, -0.2) is 9.97 Å². The van der Waals surface area contributed by atoms with Crippen LogP contribution >= 0.6 is 34.3 Å². The number of aromatic nitrogens is 2. The van der Waals surface area contributed by atoms with Gasteiger partial charge in [0.2, 0.25) is 5.91 Å². The molecule has 1 amide bonds. The van der Waals surface area contributed by atoms with E-state index < -0.39 is 0 Å². The second-order valence-electron chi connectivity index (χ2n) is 6.95. The van der Waals surface area contributed by atoms with Crippen LogP contribution in [0.25, 0.3) is 10.2 Å². The molecule has 0 saturated carbocycles. The van der Waals surface area contributed by atoms with Crippen molar-refractivity contribution < 1.29 is 9.59 Å². The maximum Gasteiger partial charge on any atom is 0.231 e. The lowest BCUT2D eigenvalue weighted by Crippen LogP contribution is -2.20. The van der Waals surface area contributed by atoms with Crippen LogP contribution < -0.4 is 10.6 Å². The summed E-state index contributed by atoms with van der Waals surface area (Å²) in [5.41, 5.74) is 5.88. The monoisotopic (exact) mass is 486 g/mol. The van der Waals surface area contributed by atoms with Crippen molar-refractivity contribution >= 4 is 67.5 Å². The van der Waals surface area contributed by atoms with Gasteiger partial charge in [-0.1, -0.05) is 42.0 Å². The van der Waals surface area contributed by atoms with Crippen molar-refractivity contribution in [2.45, 2.75) is 26.2 Å². The number of carbonyl (C=O) groups excluding carboxylic acids is 2. The van der Waals surface area contributed by atoms with Crippen molar-refractivity contribution in [2.24, 2.45) is 0 Å². The molecule has 1 unspecified atom stereocenters. The van der Waals surface area contributed by atoms with E-state index in [1.807, 2.05) is 57.3 Å². The van der Waals surface area contributed by atoms with Gasteiger partial charge < -0.3 is 10.6 Å². The number of rotatable bonds is 6. The van der Waals surface area contributed by atoms with E-state index in [0.29, 0.717) is 17.1 Å². The first-order valence-corrected chi connectivity index (χ1v) is 12.1. The molecular weight excluding hydrogens is 464 g/mol. The summed E-state index contributed by atoms with van der Waals surface area (Å²) in [7, 11) is 1.85. The normalized spacial score (nSPS) is 11.4. The smallest absolute Gasteiger partial charge is 0.231 e. The lowest BCUT2D eigenvalue weighted by molar-refractivity contribution is -0.117. The predicted octanol–water partition coefficient (Wildman–Crippen LogP) is 6.39. The Labute approximate surface area is 199 Å². The molecule has 4 rings (SSSR count). The highest BCUT2D eigenvalue weighted by molar-refractivity contribution is 7.22. The molecule has 2 N–H and O–H groups in total. The first-order valence-electron chi connectivity index (χ1n) is 9.93. The van der Waals surface area contributed by atoms with Gasteiger partial charge >= 0.3 is 0 Å². The molecule has 0 saturated heterocycles. The van der Waals surface area contributed by atoms with E-state index in [9.17, 15) is 9.59 Å². The van der Waals surface area contributed by atoms with Crippen LogP contribution in [0, 0.1) is 6.92 Å². The topological polar surface area (TPSA) is 84.0 Å². The Kier molecular flexibility index (Phi) is 8.33. The average Bonchev–Trinajstić information content (AvgIpc) is 3.44. The summed E-state index contributed by atoms with van der Waals surface area (Å²) in [6.45, 7) is 4.01. The van der Waals surface area contributed by atoms with Crippen LogP contribution in [-0.4, -0.2) is 29.2 Å². The van der Waals surface area contributed by atoms with Crippen molar-refractivity contribution in [3.8, 4) is 0 Å². The van der Waals surface area contributed by atoms with E-state index in [0.717, 1.165) is 38.4 Å². The Hall–Kier alpha value is -2.81. The van der Waals surface area contributed by atoms with Crippen LogP contribution in [0.4, 0.5) is 10.8 Å². The predicted molar refractivity (Wildman–Crippen MR) is 135 cm³/mol. The standard InChI is InChI=1S/C19H20ClN3OS.C4H3NOS/c1-4-15(12-6-5-7-13(20)9-12)18(24)22-14-8-11(2)17-16(10-14)25-19(21-3)23-17;6-1-4-2-7-3-5-4/h5-10,15H,4H2,1-3H3,(H,21,23)(H,22,24);1-3H. The Bertz CT molecular complexity index is 1210. The van der Waals surface area contributed by atoms with E-state index in [2.05, 4.69) is 20.6 Å². The lowest BCUT2D eigenvalue weighted by Gasteiger charge is -2.16.